The van der Waals surface area contributed by atoms with Crippen LogP contribution in [0.5, 0.6) is 5.75 Å². The van der Waals surface area contributed by atoms with Gasteiger partial charge in [0, 0.05) is 23.0 Å². The Balaban J connectivity index is 1.30. The fraction of sp³-hybridized carbons (Fsp3) is 0.273. The molecule has 5 N–H and O–H groups in total. The van der Waals surface area contributed by atoms with Gasteiger partial charge in [0.1, 0.15) is 22.9 Å². The smallest absolute Gasteiger partial charge is 0.352 e. The molecule has 1 fully saturated rings. The highest BCUT2D eigenvalue weighted by molar-refractivity contribution is 8.01. The number of fused-ring (bicyclic) bond motifs is 1. The topological polar surface area (TPSA) is 241 Å². The number of anilines is 1. The second-order valence-electron chi connectivity index (χ2n) is 8.68. The van der Waals surface area contributed by atoms with Crippen LogP contribution in [0, 0.1) is 5.82 Å². The molecule has 17 nitrogen and oxygen atoms in total. The molecule has 4 heterocycles. The minimum absolute atomic E-state index is 0.0293. The third-order valence-electron chi connectivity index (χ3n) is 5.87. The van der Waals surface area contributed by atoms with Gasteiger partial charge in [0.05, 0.1) is 13.0 Å². The van der Waals surface area contributed by atoms with Crippen LogP contribution in [0.4, 0.5) is 9.52 Å². The predicted molar refractivity (Wildman–Crippen MR) is 148 cm³/mol. The lowest BCUT2D eigenvalue weighted by atomic mass is 10.0. The first-order chi connectivity index (χ1) is 20.6. The van der Waals surface area contributed by atoms with Crippen LogP contribution in [0.2, 0.25) is 0 Å². The zero-order chi connectivity index (χ0) is 30.7. The number of halogens is 1. The highest BCUT2D eigenvalue weighted by Crippen LogP contribution is 2.41. The average molecular weight is 651 g/mol. The van der Waals surface area contributed by atoms with Crippen molar-refractivity contribution in [3.8, 4) is 5.75 Å². The van der Waals surface area contributed by atoms with Crippen molar-refractivity contribution in [2.24, 2.45) is 5.16 Å². The van der Waals surface area contributed by atoms with Gasteiger partial charge in [-0.2, -0.15) is 9.36 Å². The van der Waals surface area contributed by atoms with Crippen LogP contribution in [-0.4, -0.2) is 97.1 Å². The first-order valence-electron chi connectivity index (χ1n) is 12.0. The summed E-state index contributed by atoms with van der Waals surface area (Å²) in [6, 6.07) is 3.74. The summed E-state index contributed by atoms with van der Waals surface area (Å²) in [5.41, 5.74) is 5.44. The molecule has 2 aliphatic rings. The Labute approximate surface area is 252 Å². The molecular weight excluding hydrogens is 632 g/mol. The molecule has 2 unspecified atom stereocenters. The van der Waals surface area contributed by atoms with Gasteiger partial charge in [-0.3, -0.25) is 19.3 Å². The van der Waals surface area contributed by atoms with Gasteiger partial charge in [-0.25, -0.2) is 13.9 Å². The van der Waals surface area contributed by atoms with E-state index >= 15 is 0 Å². The van der Waals surface area contributed by atoms with Crippen LogP contribution in [0.1, 0.15) is 12.2 Å². The first kappa shape index (κ1) is 29.8. The van der Waals surface area contributed by atoms with Crippen molar-refractivity contribution in [3.05, 3.63) is 47.2 Å². The maximum absolute atomic E-state index is 13.2. The number of benzene rings is 1. The fourth-order valence-corrected chi connectivity index (χ4v) is 6.73. The van der Waals surface area contributed by atoms with Gasteiger partial charge < -0.3 is 26.1 Å². The molecule has 0 aliphatic carbocycles. The molecule has 2 aliphatic heterocycles. The highest BCUT2D eigenvalue weighted by Gasteiger charge is 2.54. The van der Waals surface area contributed by atoms with E-state index in [1.807, 2.05) is 0 Å². The van der Waals surface area contributed by atoms with E-state index in [4.69, 9.17) is 15.7 Å². The number of rotatable bonds is 12. The molecule has 0 radical (unpaired) electrons. The van der Waals surface area contributed by atoms with Crippen molar-refractivity contribution in [2.75, 3.05) is 17.2 Å². The van der Waals surface area contributed by atoms with E-state index in [1.54, 1.807) is 0 Å². The van der Waals surface area contributed by atoms with E-state index in [0.29, 0.717) is 5.57 Å². The molecule has 2 amide bonds. The third kappa shape index (κ3) is 6.57. The molecule has 0 spiro atoms. The number of carboxylic acids is 2. The molecule has 21 heteroatoms. The van der Waals surface area contributed by atoms with Crippen LogP contribution in [-0.2, 0) is 25.7 Å². The number of aliphatic carboxylic acids is 2. The number of nitrogens with zero attached hydrogens (tertiary/aromatic N) is 8. The van der Waals surface area contributed by atoms with Crippen molar-refractivity contribution in [3.63, 3.8) is 0 Å². The van der Waals surface area contributed by atoms with Crippen molar-refractivity contribution in [2.45, 2.75) is 29.5 Å². The minimum atomic E-state index is -1.33. The van der Waals surface area contributed by atoms with Crippen LogP contribution >= 0.6 is 35.1 Å². The third-order valence-corrected chi connectivity index (χ3v) is 8.80. The molecule has 1 saturated heterocycles. The molecule has 43 heavy (non-hydrogen) atoms. The number of amides is 2. The predicted octanol–water partition coefficient (Wildman–Crippen LogP) is 0.0346. The van der Waals surface area contributed by atoms with Crippen molar-refractivity contribution < 1.29 is 38.6 Å². The van der Waals surface area contributed by atoms with E-state index in [1.165, 1.54) is 28.6 Å². The van der Waals surface area contributed by atoms with Gasteiger partial charge in [-0.05, 0) is 40.3 Å². The van der Waals surface area contributed by atoms with E-state index in [-0.39, 0.29) is 52.0 Å². The number of nitrogens with one attached hydrogen (secondary N) is 1. The summed E-state index contributed by atoms with van der Waals surface area (Å²) in [5.74, 6) is -4.14. The minimum Gasteiger partial charge on any atom is -0.481 e. The van der Waals surface area contributed by atoms with Crippen LogP contribution in [0.3, 0.4) is 0 Å². The number of carboxylic acid groups (broad SMARTS) is 2. The molecule has 1 aromatic carbocycles. The number of tetrazole rings is 1. The summed E-state index contributed by atoms with van der Waals surface area (Å²) < 4.78 is 18.5. The number of aromatic nitrogens is 6. The summed E-state index contributed by atoms with van der Waals surface area (Å²) in [7, 11) is 0. The number of nitrogens with two attached hydrogens (primary N) is 1. The number of thioether (sulfide) groups is 2. The number of β-lactam (4-membered cyclic amide) rings is 1. The number of oxime groups is 1. The quantitative estimate of drug-likeness (QED) is 0.0875. The van der Waals surface area contributed by atoms with Crippen molar-refractivity contribution in [1.82, 2.24) is 39.8 Å². The van der Waals surface area contributed by atoms with E-state index in [0.717, 1.165) is 40.3 Å². The van der Waals surface area contributed by atoms with Gasteiger partial charge in [0.2, 0.25) is 16.7 Å². The summed E-state index contributed by atoms with van der Waals surface area (Å²) in [6.45, 7) is 0.0293. The molecule has 0 saturated carbocycles. The fourth-order valence-electron chi connectivity index (χ4n) is 3.91. The maximum atomic E-state index is 13.2. The molecule has 224 valence electrons. The van der Waals surface area contributed by atoms with E-state index in [2.05, 4.69) is 35.4 Å². The number of hydrogen-bond acceptors (Lipinski definition) is 15. The number of carbonyl (C=O) groups excluding carboxylic acids is 2. The highest BCUT2D eigenvalue weighted by atomic mass is 32.2. The van der Waals surface area contributed by atoms with Gasteiger partial charge in [0.25, 0.3) is 11.8 Å². The second kappa shape index (κ2) is 12.7. The van der Waals surface area contributed by atoms with E-state index < -0.39 is 46.7 Å². The molecule has 2 atom stereocenters. The lowest BCUT2D eigenvalue weighted by Crippen LogP contribution is -2.71. The van der Waals surface area contributed by atoms with Crippen molar-refractivity contribution >= 4 is 69.7 Å². The Hall–Kier alpha value is -4.63. The summed E-state index contributed by atoms with van der Waals surface area (Å²) in [6.07, 6.45) is -0.203. The van der Waals surface area contributed by atoms with Gasteiger partial charge >= 0.3 is 11.9 Å². The Bertz CT molecular complexity index is 1640. The van der Waals surface area contributed by atoms with Gasteiger partial charge in [0.15, 0.2) is 10.9 Å². The van der Waals surface area contributed by atoms with Crippen LogP contribution in [0.25, 0.3) is 0 Å². The molecule has 2 aromatic heterocycles. The normalized spacial score (nSPS) is 18.2. The summed E-state index contributed by atoms with van der Waals surface area (Å²) >= 11 is 3.14. The lowest BCUT2D eigenvalue weighted by molar-refractivity contribution is -0.150. The van der Waals surface area contributed by atoms with E-state index in [9.17, 15) is 28.7 Å². The number of carbonyl (C=O) groups is 4. The Morgan fingerprint density at radius 3 is 2.70 bits per heavy atom. The Kier molecular flexibility index (Phi) is 8.82. The van der Waals surface area contributed by atoms with Crippen LogP contribution < -0.4 is 15.9 Å². The maximum Gasteiger partial charge on any atom is 0.352 e. The zero-order valence-electron chi connectivity index (χ0n) is 21.5. The Morgan fingerprint density at radius 1 is 1.26 bits per heavy atom. The van der Waals surface area contributed by atoms with Crippen LogP contribution in [0.15, 0.2) is 45.8 Å². The standard InChI is InChI=1S/C22H19FN10O7S3/c23-10-1-3-11(4-2-10)40-28-13(16-26-21(24)43-29-16)17(36)25-14-18(37)33-15(20(38)39)9(7-41-19(14)33)8-42-22-27-30-31-32(22)6-5-12(34)35/h1-4,14,19H,5-8H2,(H,25,36)(H,34,35)(H,38,39)(H2,24,26,29)/b28-13+. The first-order valence-corrected chi connectivity index (χ1v) is 14.8. The van der Waals surface area contributed by atoms with Gasteiger partial charge in [-0.15, -0.1) is 16.9 Å². The van der Waals surface area contributed by atoms with Gasteiger partial charge in [-0.1, -0.05) is 16.9 Å². The monoisotopic (exact) mass is 650 g/mol. The summed E-state index contributed by atoms with van der Waals surface area (Å²) in [4.78, 5) is 59.7. The zero-order valence-corrected chi connectivity index (χ0v) is 23.9. The summed E-state index contributed by atoms with van der Waals surface area (Å²) in [5, 5.41) is 35.9. The van der Waals surface area contributed by atoms with Crippen molar-refractivity contribution in [1.29, 1.82) is 0 Å². The molecular formula is C22H19FN10O7S3. The second-order valence-corrected chi connectivity index (χ2v) is 11.5. The Morgan fingerprint density at radius 2 is 2.02 bits per heavy atom. The SMILES string of the molecule is Nc1nc(/C(=N\Oc2ccc(F)cc2)C(=O)NC2C(=O)N3C(C(=O)O)=C(CSc4nnnn4CCC(=O)O)CSC23)ns1. The lowest BCUT2D eigenvalue weighted by Gasteiger charge is -2.49. The molecule has 0 bridgehead atoms. The molecule has 5 rings (SSSR count). The number of aryl methyl sites for hydroxylation is 1. The molecule has 3 aromatic rings. The average Bonchev–Trinajstić information content (AvgIpc) is 3.62. The number of nitrogen functional groups attached to an aromatic ring is 1. The number of hydrogen-bond donors (Lipinski definition) is 4. The largest absolute Gasteiger partial charge is 0.481 e.